The van der Waals surface area contributed by atoms with Crippen molar-refractivity contribution in [3.05, 3.63) is 70.5 Å². The lowest BCUT2D eigenvalue weighted by atomic mass is 9.94. The normalized spacial score (nSPS) is 25.1. The Morgan fingerprint density at radius 1 is 1.12 bits per heavy atom. The maximum absolute atomic E-state index is 14.3. The van der Waals surface area contributed by atoms with Crippen LogP contribution in [-0.2, 0) is 20.8 Å². The highest BCUT2D eigenvalue weighted by Gasteiger charge is 2.40. The van der Waals surface area contributed by atoms with E-state index in [1.807, 2.05) is 12.1 Å². The lowest BCUT2D eigenvalue weighted by Crippen LogP contribution is -2.57. The highest BCUT2D eigenvalue weighted by molar-refractivity contribution is 6.30. The quantitative estimate of drug-likeness (QED) is 0.673. The summed E-state index contributed by atoms with van der Waals surface area (Å²) in [5.74, 6) is -1.24. The van der Waals surface area contributed by atoms with Gasteiger partial charge < -0.3 is 24.8 Å². The number of amides is 2. The van der Waals surface area contributed by atoms with Gasteiger partial charge in [-0.1, -0.05) is 35.9 Å². The van der Waals surface area contributed by atoms with Crippen LogP contribution in [0.3, 0.4) is 0 Å². The van der Waals surface area contributed by atoms with Crippen LogP contribution in [0.15, 0.2) is 48.5 Å². The summed E-state index contributed by atoms with van der Waals surface area (Å²) < 4.78 is 26.1. The summed E-state index contributed by atoms with van der Waals surface area (Å²) in [4.78, 5) is 27.2. The Kier molecular flexibility index (Phi) is 8.15. The van der Waals surface area contributed by atoms with Crippen molar-refractivity contribution in [3.63, 3.8) is 0 Å². The van der Waals surface area contributed by atoms with E-state index in [2.05, 4.69) is 5.32 Å². The van der Waals surface area contributed by atoms with Gasteiger partial charge in [0.25, 0.3) is 5.91 Å². The monoisotopic (exact) mass is 490 g/mol. The van der Waals surface area contributed by atoms with Gasteiger partial charge in [-0.2, -0.15) is 0 Å². The van der Waals surface area contributed by atoms with Gasteiger partial charge in [0.15, 0.2) is 0 Å². The molecule has 0 unspecified atom stereocenters. The summed E-state index contributed by atoms with van der Waals surface area (Å²) in [6.07, 6.45) is -0.410. The summed E-state index contributed by atoms with van der Waals surface area (Å²) in [6.45, 7) is 0.621. The molecule has 2 aromatic rings. The molecule has 2 fully saturated rings. The molecule has 0 spiro atoms. The van der Waals surface area contributed by atoms with Crippen LogP contribution in [0, 0.1) is 5.82 Å². The second-order valence-electron chi connectivity index (χ2n) is 8.68. The third kappa shape index (κ3) is 6.13. The van der Waals surface area contributed by atoms with Crippen LogP contribution < -0.4 is 5.32 Å². The van der Waals surface area contributed by atoms with Crippen molar-refractivity contribution in [1.82, 2.24) is 10.2 Å². The number of hydrogen-bond donors (Lipinski definition) is 2. The zero-order valence-corrected chi connectivity index (χ0v) is 19.4. The molecule has 0 saturated carbocycles. The first-order valence-electron chi connectivity index (χ1n) is 11.4. The highest BCUT2D eigenvalue weighted by Crippen LogP contribution is 2.29. The molecule has 0 aliphatic carbocycles. The van der Waals surface area contributed by atoms with Crippen molar-refractivity contribution < 1.29 is 28.6 Å². The predicted molar refractivity (Wildman–Crippen MR) is 124 cm³/mol. The Morgan fingerprint density at radius 3 is 2.65 bits per heavy atom. The molecule has 2 amide bonds. The Labute approximate surface area is 202 Å². The van der Waals surface area contributed by atoms with Gasteiger partial charge in [0.05, 0.1) is 43.4 Å². The van der Waals surface area contributed by atoms with Crippen LogP contribution in [0.25, 0.3) is 0 Å². The number of benzene rings is 2. The summed E-state index contributed by atoms with van der Waals surface area (Å²) in [5, 5.41) is 13.8. The summed E-state index contributed by atoms with van der Waals surface area (Å²) in [7, 11) is 0. The van der Waals surface area contributed by atoms with Gasteiger partial charge in [-0.25, -0.2) is 4.39 Å². The maximum Gasteiger partial charge on any atom is 0.257 e. The Bertz CT molecular complexity index is 1010. The topological polar surface area (TPSA) is 88.1 Å². The fourth-order valence-corrected chi connectivity index (χ4v) is 4.57. The van der Waals surface area contributed by atoms with E-state index in [1.165, 1.54) is 23.1 Å². The molecular formula is C25H28ClFN2O5. The molecule has 34 heavy (non-hydrogen) atoms. The lowest BCUT2D eigenvalue weighted by molar-refractivity contribution is -0.151. The van der Waals surface area contributed by atoms with E-state index >= 15 is 0 Å². The van der Waals surface area contributed by atoms with Gasteiger partial charge in [-0.05, 0) is 42.7 Å². The molecule has 2 heterocycles. The summed E-state index contributed by atoms with van der Waals surface area (Å²) >= 11 is 5.89. The minimum atomic E-state index is -0.881. The summed E-state index contributed by atoms with van der Waals surface area (Å²) in [5.41, 5.74) is 0.898. The Hall–Kier alpha value is -2.52. The van der Waals surface area contributed by atoms with E-state index in [0.717, 1.165) is 5.56 Å². The summed E-state index contributed by atoms with van der Waals surface area (Å²) in [6, 6.07) is 12.7. The number of nitrogens with zero attached hydrogens (tertiary/aromatic N) is 1. The van der Waals surface area contributed by atoms with Crippen molar-refractivity contribution >= 4 is 23.4 Å². The first-order valence-corrected chi connectivity index (χ1v) is 11.8. The first-order chi connectivity index (χ1) is 16.4. The van der Waals surface area contributed by atoms with E-state index in [4.69, 9.17) is 21.1 Å². The molecule has 2 aromatic carbocycles. The predicted octanol–water partition coefficient (Wildman–Crippen LogP) is 2.94. The molecule has 2 aliphatic heterocycles. The molecule has 4 rings (SSSR count). The van der Waals surface area contributed by atoms with Crippen LogP contribution in [0.1, 0.15) is 35.2 Å². The second kappa shape index (κ2) is 11.3. The number of carbonyl (C=O) groups is 2. The largest absolute Gasteiger partial charge is 0.389 e. The van der Waals surface area contributed by atoms with Crippen molar-refractivity contribution in [3.8, 4) is 0 Å². The van der Waals surface area contributed by atoms with Gasteiger partial charge in [0, 0.05) is 18.1 Å². The van der Waals surface area contributed by atoms with Crippen LogP contribution in [0.4, 0.5) is 4.39 Å². The average Bonchev–Trinajstić information content (AvgIpc) is 2.81. The third-order valence-electron chi connectivity index (χ3n) is 6.16. The molecule has 9 heteroatoms. The third-order valence-corrected chi connectivity index (χ3v) is 6.41. The van der Waals surface area contributed by atoms with Crippen molar-refractivity contribution in [2.45, 2.75) is 50.2 Å². The molecule has 7 nitrogen and oxygen atoms in total. The van der Waals surface area contributed by atoms with Crippen LogP contribution in [0.5, 0.6) is 0 Å². The number of aliphatic hydroxyl groups is 1. The van der Waals surface area contributed by atoms with Gasteiger partial charge in [0.2, 0.25) is 5.91 Å². The van der Waals surface area contributed by atoms with Crippen LogP contribution >= 0.6 is 11.6 Å². The minimum Gasteiger partial charge on any atom is -0.389 e. The number of carbonyl (C=O) groups excluding carboxylic acids is 2. The zero-order valence-electron chi connectivity index (χ0n) is 18.7. The minimum absolute atomic E-state index is 0.0178. The molecular weight excluding hydrogens is 463 g/mol. The maximum atomic E-state index is 14.3. The SMILES string of the molecule is O=C(C[C@H]1CC[C@H]2[C@@H](COC[C@H](O)CN2C(=O)c2ccccc2F)O1)NCc1ccc(Cl)cc1. The van der Waals surface area contributed by atoms with Crippen LogP contribution in [0.2, 0.25) is 5.02 Å². The Morgan fingerprint density at radius 2 is 1.88 bits per heavy atom. The van der Waals surface area contributed by atoms with Gasteiger partial charge in [-0.15, -0.1) is 0 Å². The van der Waals surface area contributed by atoms with Crippen molar-refractivity contribution in [2.24, 2.45) is 0 Å². The van der Waals surface area contributed by atoms with Crippen molar-refractivity contribution in [1.29, 1.82) is 0 Å². The average molecular weight is 491 g/mol. The second-order valence-corrected chi connectivity index (χ2v) is 9.11. The van der Waals surface area contributed by atoms with Crippen LogP contribution in [-0.4, -0.2) is 65.9 Å². The standard InChI is InChI=1S/C25H28ClFN2O5/c26-17-7-5-16(6-8-17)12-28-24(31)11-19-9-10-22-23(34-19)15-33-14-18(30)13-29(22)25(32)20-3-1-2-4-21(20)27/h1-8,18-19,22-23,30H,9-15H2,(H,28,31)/t18-,19-,22+,23-/m1/s1. The molecule has 0 bridgehead atoms. The number of fused-ring (bicyclic) bond motifs is 1. The molecule has 182 valence electrons. The fourth-order valence-electron chi connectivity index (χ4n) is 4.45. The lowest BCUT2D eigenvalue weighted by Gasteiger charge is -2.44. The Balaban J connectivity index is 1.39. The van der Waals surface area contributed by atoms with Crippen molar-refractivity contribution in [2.75, 3.05) is 19.8 Å². The molecule has 2 saturated heterocycles. The number of nitrogens with one attached hydrogen (secondary N) is 1. The highest BCUT2D eigenvalue weighted by atomic mass is 35.5. The number of hydrogen-bond acceptors (Lipinski definition) is 5. The van der Waals surface area contributed by atoms with E-state index in [1.54, 1.807) is 18.2 Å². The number of β-amino-alcohol motifs (C(OH)–C–C–N with tert-alkyl or cyclic N) is 1. The van der Waals surface area contributed by atoms with E-state index < -0.39 is 30.0 Å². The number of rotatable bonds is 5. The molecule has 2 aliphatic rings. The molecule has 0 aromatic heterocycles. The van der Waals surface area contributed by atoms with E-state index in [9.17, 15) is 19.1 Å². The van der Waals surface area contributed by atoms with Gasteiger partial charge in [0.1, 0.15) is 11.9 Å². The molecule has 2 N–H and O–H groups in total. The number of ether oxygens (including phenoxy) is 2. The van der Waals surface area contributed by atoms with Gasteiger partial charge >= 0.3 is 0 Å². The molecule has 0 radical (unpaired) electrons. The van der Waals surface area contributed by atoms with E-state index in [0.29, 0.717) is 24.4 Å². The van der Waals surface area contributed by atoms with E-state index in [-0.39, 0.29) is 43.8 Å². The fraction of sp³-hybridized carbons (Fsp3) is 0.440. The smallest absolute Gasteiger partial charge is 0.257 e. The molecule has 4 atom stereocenters. The number of aliphatic hydroxyl groups excluding tert-OH is 1. The number of halogens is 2. The van der Waals surface area contributed by atoms with Gasteiger partial charge in [-0.3, -0.25) is 9.59 Å². The first kappa shape index (κ1) is 24.6. The zero-order chi connectivity index (χ0) is 24.1.